The van der Waals surface area contributed by atoms with E-state index in [0.29, 0.717) is 11.8 Å². The zero-order valence-corrected chi connectivity index (χ0v) is 21.7. The van der Waals surface area contributed by atoms with E-state index < -0.39 is 5.60 Å². The number of benzene rings is 1. The first-order chi connectivity index (χ1) is 17.3. The van der Waals surface area contributed by atoms with Gasteiger partial charge in [0.05, 0.1) is 5.71 Å². The lowest BCUT2D eigenvalue weighted by atomic mass is 9.51. The third-order valence-electron chi connectivity index (χ3n) is 9.34. The van der Waals surface area contributed by atoms with Crippen molar-refractivity contribution in [2.75, 3.05) is 6.79 Å². The second-order valence-corrected chi connectivity index (χ2v) is 11.4. The predicted molar refractivity (Wildman–Crippen MR) is 144 cm³/mol. The van der Waals surface area contributed by atoms with E-state index in [1.807, 2.05) is 13.0 Å². The molecule has 0 radical (unpaired) electrons. The molecular formula is C29H33N3O3S. The molecule has 0 spiro atoms. The van der Waals surface area contributed by atoms with Gasteiger partial charge in [0.15, 0.2) is 16.6 Å². The normalized spacial score (nSPS) is 35.2. The molecule has 6 rings (SSSR count). The maximum absolute atomic E-state index is 11.8. The van der Waals surface area contributed by atoms with Crippen molar-refractivity contribution in [3.8, 4) is 23.3 Å². The van der Waals surface area contributed by atoms with Gasteiger partial charge in [-0.1, -0.05) is 24.5 Å². The maximum Gasteiger partial charge on any atom is 0.231 e. The quantitative estimate of drug-likeness (QED) is 0.308. The van der Waals surface area contributed by atoms with Crippen molar-refractivity contribution < 1.29 is 14.6 Å². The highest BCUT2D eigenvalue weighted by atomic mass is 32.1. The first-order valence-corrected chi connectivity index (χ1v) is 13.4. The number of nitrogens with one attached hydrogen (secondary N) is 1. The van der Waals surface area contributed by atoms with Crippen LogP contribution in [0.3, 0.4) is 0 Å². The lowest BCUT2D eigenvalue weighted by Gasteiger charge is -2.53. The van der Waals surface area contributed by atoms with Crippen molar-refractivity contribution in [3.63, 3.8) is 0 Å². The van der Waals surface area contributed by atoms with Gasteiger partial charge in [0.2, 0.25) is 6.79 Å². The van der Waals surface area contributed by atoms with Crippen LogP contribution in [-0.4, -0.2) is 28.3 Å². The lowest BCUT2D eigenvalue weighted by Crippen LogP contribution is -2.51. The highest BCUT2D eigenvalue weighted by Gasteiger charge is 2.62. The molecule has 1 aromatic rings. The van der Waals surface area contributed by atoms with Crippen LogP contribution < -0.4 is 20.6 Å². The van der Waals surface area contributed by atoms with Crippen LogP contribution >= 0.6 is 12.2 Å². The summed E-state index contributed by atoms with van der Waals surface area (Å²) in [5, 5.41) is 16.4. The smallest absolute Gasteiger partial charge is 0.231 e. The zero-order chi connectivity index (χ0) is 25.1. The molecule has 0 amide bonds. The number of hydrogen-bond acceptors (Lipinski definition) is 5. The van der Waals surface area contributed by atoms with Crippen LogP contribution in [0.1, 0.15) is 70.3 Å². The second kappa shape index (κ2) is 8.64. The fourth-order valence-electron chi connectivity index (χ4n) is 7.73. The second-order valence-electron chi connectivity index (χ2n) is 11.0. The van der Waals surface area contributed by atoms with Crippen LogP contribution in [0.4, 0.5) is 0 Å². The molecular weight excluding hydrogens is 470 g/mol. The Labute approximate surface area is 218 Å². The number of thiocarbonyl (C=S) groups is 1. The Hall–Kier alpha value is -2.82. The van der Waals surface area contributed by atoms with Gasteiger partial charge in [-0.05, 0) is 111 Å². The van der Waals surface area contributed by atoms with Gasteiger partial charge in [0.25, 0.3) is 0 Å². The van der Waals surface area contributed by atoms with Gasteiger partial charge in [0, 0.05) is 11.3 Å². The summed E-state index contributed by atoms with van der Waals surface area (Å²) in [5.41, 5.74) is 13.8. The third kappa shape index (κ3) is 3.57. The summed E-state index contributed by atoms with van der Waals surface area (Å²) >= 11 is 4.93. The van der Waals surface area contributed by atoms with Gasteiger partial charge in [-0.2, -0.15) is 5.10 Å². The highest BCUT2D eigenvalue weighted by molar-refractivity contribution is 7.80. The van der Waals surface area contributed by atoms with Crippen molar-refractivity contribution in [1.29, 1.82) is 0 Å². The predicted octanol–water partition coefficient (Wildman–Crippen LogP) is 4.69. The maximum atomic E-state index is 11.8. The Bertz CT molecular complexity index is 1290. The van der Waals surface area contributed by atoms with Gasteiger partial charge in [-0.3, -0.25) is 5.43 Å². The van der Waals surface area contributed by atoms with E-state index in [4.69, 9.17) is 27.4 Å². The van der Waals surface area contributed by atoms with Crippen LogP contribution in [0.25, 0.3) is 0 Å². The summed E-state index contributed by atoms with van der Waals surface area (Å²) < 4.78 is 11.4. The van der Waals surface area contributed by atoms with Crippen molar-refractivity contribution in [2.24, 2.45) is 28.1 Å². The van der Waals surface area contributed by atoms with Crippen molar-refractivity contribution in [2.45, 2.75) is 70.3 Å². The topological polar surface area (TPSA) is 89.1 Å². The fourth-order valence-corrected chi connectivity index (χ4v) is 7.78. The summed E-state index contributed by atoms with van der Waals surface area (Å²) in [7, 11) is 0. The number of ether oxygens (including phenoxy) is 2. The van der Waals surface area contributed by atoms with Crippen molar-refractivity contribution in [3.05, 3.63) is 46.6 Å². The number of rotatable bonds is 2. The van der Waals surface area contributed by atoms with Crippen molar-refractivity contribution >= 4 is 23.0 Å². The molecule has 6 nitrogen and oxygen atoms in total. The molecule has 2 saturated carbocycles. The van der Waals surface area contributed by atoms with Gasteiger partial charge >= 0.3 is 0 Å². The first-order valence-electron chi connectivity index (χ1n) is 12.9. The zero-order valence-electron chi connectivity index (χ0n) is 20.9. The largest absolute Gasteiger partial charge is 0.454 e. The number of hydrogen-bond donors (Lipinski definition) is 3. The molecule has 5 aliphatic rings. The van der Waals surface area contributed by atoms with Gasteiger partial charge in [-0.15, -0.1) is 5.92 Å². The molecule has 7 heteroatoms. The van der Waals surface area contributed by atoms with E-state index in [9.17, 15) is 5.11 Å². The Morgan fingerprint density at radius 2 is 2.06 bits per heavy atom. The molecule has 36 heavy (non-hydrogen) atoms. The molecule has 2 fully saturated rings. The number of hydrazone groups is 1. The molecule has 1 heterocycles. The molecule has 1 aliphatic heterocycles. The number of nitrogens with two attached hydrogens (primary N) is 1. The van der Waals surface area contributed by atoms with E-state index >= 15 is 0 Å². The van der Waals surface area contributed by atoms with Crippen LogP contribution in [0.15, 0.2) is 46.1 Å². The van der Waals surface area contributed by atoms with E-state index in [1.54, 1.807) is 5.57 Å². The lowest BCUT2D eigenvalue weighted by molar-refractivity contribution is -0.0513. The molecule has 0 saturated heterocycles. The molecule has 188 valence electrons. The molecule has 1 aromatic carbocycles. The Morgan fingerprint density at radius 3 is 2.86 bits per heavy atom. The number of aliphatic hydroxyl groups is 1. The molecule has 0 unspecified atom stereocenters. The Balaban J connectivity index is 1.48. The van der Waals surface area contributed by atoms with Crippen LogP contribution in [0.5, 0.6) is 11.5 Å². The molecule has 4 aliphatic carbocycles. The summed E-state index contributed by atoms with van der Waals surface area (Å²) in [6, 6.07) is 6.37. The van der Waals surface area contributed by atoms with Gasteiger partial charge in [0.1, 0.15) is 5.60 Å². The molecule has 4 N–H and O–H groups in total. The van der Waals surface area contributed by atoms with Crippen LogP contribution in [0.2, 0.25) is 0 Å². The number of nitrogens with zero attached hydrogens (tertiary/aromatic N) is 1. The average Bonchev–Trinajstić information content (AvgIpc) is 3.43. The van der Waals surface area contributed by atoms with Gasteiger partial charge in [-0.25, -0.2) is 0 Å². The number of allylic oxidation sites excluding steroid dienone is 4. The number of fused-ring (bicyclic) bond motifs is 5. The highest BCUT2D eigenvalue weighted by Crippen LogP contribution is 2.66. The van der Waals surface area contributed by atoms with E-state index in [1.165, 1.54) is 16.7 Å². The van der Waals surface area contributed by atoms with Crippen LogP contribution in [0, 0.1) is 29.1 Å². The first kappa shape index (κ1) is 23.6. The van der Waals surface area contributed by atoms with Crippen molar-refractivity contribution in [1.82, 2.24) is 5.43 Å². The summed E-state index contributed by atoms with van der Waals surface area (Å²) in [6.45, 7) is 4.39. The van der Waals surface area contributed by atoms with E-state index in [-0.39, 0.29) is 23.2 Å². The summed E-state index contributed by atoms with van der Waals surface area (Å²) in [6.07, 6.45) is 8.77. The minimum atomic E-state index is -0.952. The molecule has 5 atom stereocenters. The third-order valence-corrected chi connectivity index (χ3v) is 9.43. The van der Waals surface area contributed by atoms with Crippen LogP contribution in [-0.2, 0) is 0 Å². The minimum Gasteiger partial charge on any atom is -0.454 e. The molecule has 0 bridgehead atoms. The minimum absolute atomic E-state index is 0.187. The summed E-state index contributed by atoms with van der Waals surface area (Å²) in [4.78, 5) is 0. The standard InChI is InChI=1S/C29H33N3O3S/c1-3-11-29(33)12-10-23-21-7-4-17-13-19(31-32-27(30)36)6-8-20(17)26(21)22(15-28(23,29)2)18-5-9-24-25(14-18)35-16-34-24/h5,9,13-14,21-23,33H,4,6-8,10,12,15-16H2,1-2H3,(H3,30,32,36)/t21-,22+,23-,28-,29-/m0/s1. The van der Waals surface area contributed by atoms with Gasteiger partial charge < -0.3 is 20.3 Å². The summed E-state index contributed by atoms with van der Waals surface area (Å²) in [5.74, 6) is 8.95. The molecule has 0 aromatic heterocycles. The fraction of sp³-hybridized carbons (Fsp3) is 0.517. The monoisotopic (exact) mass is 503 g/mol. The van der Waals surface area contributed by atoms with E-state index in [0.717, 1.165) is 62.2 Å². The Morgan fingerprint density at radius 1 is 1.22 bits per heavy atom. The Kier molecular flexibility index (Phi) is 5.66. The average molecular weight is 504 g/mol. The SMILES string of the molecule is CC#C[C@]1(O)CC[C@H]2[C@@H]3CCC4=CC(=NNC(N)=S)CCC4=C3[C@@H](c3ccc4c(c3)OCO4)C[C@@]21C. The van der Waals surface area contributed by atoms with E-state index in [2.05, 4.69) is 47.5 Å².